The fraction of sp³-hybridized carbons (Fsp3) is 0.320. The van der Waals surface area contributed by atoms with Crippen LogP contribution in [-0.4, -0.2) is 41.8 Å². The molecule has 0 unspecified atom stereocenters. The molecule has 2 aliphatic rings. The summed E-state index contributed by atoms with van der Waals surface area (Å²) in [6.45, 7) is -0.590. The number of hydrogen-bond donors (Lipinski definition) is 1. The first-order valence-electron chi connectivity index (χ1n) is 10.8. The Kier molecular flexibility index (Phi) is 6.05. The van der Waals surface area contributed by atoms with E-state index in [1.54, 1.807) is 0 Å². The van der Waals surface area contributed by atoms with Crippen LogP contribution in [0.4, 0.5) is 23.2 Å². The fourth-order valence-electron chi connectivity index (χ4n) is 4.67. The number of piperazine rings is 1. The van der Waals surface area contributed by atoms with Crippen molar-refractivity contribution in [3.8, 4) is 12.3 Å². The molecule has 1 heterocycles. The highest BCUT2D eigenvalue weighted by Gasteiger charge is 2.61. The van der Waals surface area contributed by atoms with Crippen LogP contribution in [0.15, 0.2) is 42.5 Å². The zero-order valence-corrected chi connectivity index (χ0v) is 18.7. The molecule has 6 nitrogen and oxygen atoms in total. The Morgan fingerprint density at radius 1 is 1.20 bits per heavy atom. The maximum atomic E-state index is 14.8. The normalized spacial score (nSPS) is 22.1. The third-order valence-electron chi connectivity index (χ3n) is 6.57. The molecule has 1 aliphatic heterocycles. The number of anilines is 1. The van der Waals surface area contributed by atoms with Gasteiger partial charge in [0.2, 0.25) is 11.8 Å². The van der Waals surface area contributed by atoms with Crippen LogP contribution in [0, 0.1) is 24.1 Å². The summed E-state index contributed by atoms with van der Waals surface area (Å²) in [6.07, 6.45) is 0.809. The number of carbonyl (C=O) groups is 3. The molecule has 2 aromatic rings. The van der Waals surface area contributed by atoms with E-state index in [1.807, 2.05) is 0 Å². The molecule has 1 N–H and O–H groups in total. The van der Waals surface area contributed by atoms with Gasteiger partial charge in [0.05, 0.1) is 11.3 Å². The Labute approximate surface area is 200 Å². The monoisotopic (exact) mass is 489 g/mol. The van der Waals surface area contributed by atoms with E-state index in [0.717, 1.165) is 23.1 Å². The van der Waals surface area contributed by atoms with Gasteiger partial charge in [0, 0.05) is 26.5 Å². The van der Waals surface area contributed by atoms with Crippen molar-refractivity contribution in [2.75, 3.05) is 18.5 Å². The number of hydrogen-bond acceptors (Lipinski definition) is 3. The second-order valence-corrected chi connectivity index (χ2v) is 8.63. The van der Waals surface area contributed by atoms with Crippen LogP contribution < -0.4 is 10.2 Å². The quantitative estimate of drug-likeness (QED) is 0.529. The lowest BCUT2D eigenvalue weighted by Gasteiger charge is -2.56. The summed E-state index contributed by atoms with van der Waals surface area (Å²) < 4.78 is 53.5. The number of carbonyl (C=O) groups excluding carboxylic acids is 3. The fourth-order valence-corrected chi connectivity index (χ4v) is 4.67. The van der Waals surface area contributed by atoms with Crippen molar-refractivity contribution in [3.63, 3.8) is 0 Å². The number of amides is 3. The minimum absolute atomic E-state index is 0. The molecule has 1 saturated carbocycles. The smallest absolute Gasteiger partial charge is 0.359 e. The van der Waals surface area contributed by atoms with Gasteiger partial charge in [0.15, 0.2) is 0 Å². The number of rotatable bonds is 4. The van der Waals surface area contributed by atoms with Gasteiger partial charge in [-0.2, -0.15) is 13.2 Å². The van der Waals surface area contributed by atoms with Gasteiger partial charge in [0.1, 0.15) is 17.9 Å². The molecule has 1 spiro atoms. The Hall–Kier alpha value is -3.87. The lowest BCUT2D eigenvalue weighted by molar-refractivity contribution is -0.165. The second-order valence-electron chi connectivity index (χ2n) is 8.63. The van der Waals surface area contributed by atoms with Crippen molar-refractivity contribution in [2.45, 2.75) is 31.1 Å². The molecule has 10 heteroatoms. The van der Waals surface area contributed by atoms with Crippen LogP contribution in [0.3, 0.4) is 0 Å². The van der Waals surface area contributed by atoms with Crippen molar-refractivity contribution in [3.05, 3.63) is 65.0 Å². The second kappa shape index (κ2) is 8.73. The van der Waals surface area contributed by atoms with Gasteiger partial charge in [-0.15, -0.1) is 6.42 Å². The van der Waals surface area contributed by atoms with Crippen molar-refractivity contribution >= 4 is 23.4 Å². The predicted molar refractivity (Wildman–Crippen MR) is 120 cm³/mol. The highest BCUT2D eigenvalue weighted by atomic mass is 19.4. The van der Waals surface area contributed by atoms with Crippen LogP contribution in [0.25, 0.3) is 0 Å². The summed E-state index contributed by atoms with van der Waals surface area (Å²) >= 11 is 0. The standard InChI is InChI=1S/C25H21F4N3O3.H2/c1-3-15-6-9-20(19(26)10-15)31-14-21(33)32(13-16-4-7-18(8-5-16)25(27,28)29)24(23(31)35)11-17(12-24)22(34)30-2;/h1,4-10,17H,11-14H2,2H3,(H,30,34);1H. The topological polar surface area (TPSA) is 69.7 Å². The average Bonchev–Trinajstić information content (AvgIpc) is 2.79. The first-order valence-corrected chi connectivity index (χ1v) is 10.8. The van der Waals surface area contributed by atoms with Crippen molar-refractivity contribution in [2.24, 2.45) is 5.92 Å². The Morgan fingerprint density at radius 2 is 1.86 bits per heavy atom. The Bertz CT molecular complexity index is 1230. The van der Waals surface area contributed by atoms with Crippen LogP contribution in [0.1, 0.15) is 31.0 Å². The Morgan fingerprint density at radius 3 is 2.40 bits per heavy atom. The molecular weight excluding hydrogens is 466 g/mol. The van der Waals surface area contributed by atoms with Crippen LogP contribution in [0.2, 0.25) is 0 Å². The molecule has 3 amide bonds. The minimum Gasteiger partial charge on any atom is -0.359 e. The zero-order valence-electron chi connectivity index (χ0n) is 18.7. The molecule has 1 saturated heterocycles. The van der Waals surface area contributed by atoms with Gasteiger partial charge in [-0.25, -0.2) is 4.39 Å². The first kappa shape index (κ1) is 24.3. The molecule has 184 valence electrons. The number of terminal acetylenes is 1. The van der Waals surface area contributed by atoms with Gasteiger partial charge >= 0.3 is 6.18 Å². The largest absolute Gasteiger partial charge is 0.416 e. The first-order chi connectivity index (χ1) is 16.5. The van der Waals surface area contributed by atoms with Gasteiger partial charge in [-0.05, 0) is 48.7 Å². The van der Waals surface area contributed by atoms with Gasteiger partial charge in [0.25, 0.3) is 5.91 Å². The van der Waals surface area contributed by atoms with Gasteiger partial charge in [-0.3, -0.25) is 19.3 Å². The average molecular weight is 489 g/mol. The van der Waals surface area contributed by atoms with Gasteiger partial charge < -0.3 is 10.2 Å². The van der Waals surface area contributed by atoms with E-state index in [-0.39, 0.29) is 38.0 Å². The Balaban J connectivity index is 0.00000361. The van der Waals surface area contributed by atoms with Crippen LogP contribution in [-0.2, 0) is 27.1 Å². The SMILES string of the molecule is C#Cc1ccc(N2CC(=O)N(Cc3ccc(C(F)(F)F)cc3)C3(CC(C(=O)NC)C3)C2=O)c(F)c1.[HH]. The van der Waals surface area contributed by atoms with E-state index >= 15 is 0 Å². The number of nitrogens with one attached hydrogen (secondary N) is 1. The molecular formula is C25H23F4N3O3. The molecule has 1 aliphatic carbocycles. The van der Waals surface area contributed by atoms with Crippen molar-refractivity contribution in [1.82, 2.24) is 10.2 Å². The highest BCUT2D eigenvalue weighted by molar-refractivity contribution is 6.10. The molecule has 0 bridgehead atoms. The number of halogens is 4. The van der Waals surface area contributed by atoms with E-state index in [4.69, 9.17) is 6.42 Å². The van der Waals surface area contributed by atoms with Gasteiger partial charge in [-0.1, -0.05) is 18.1 Å². The maximum absolute atomic E-state index is 14.8. The van der Waals surface area contributed by atoms with E-state index in [0.29, 0.717) is 5.56 Å². The number of alkyl halides is 3. The van der Waals surface area contributed by atoms with Crippen LogP contribution >= 0.6 is 0 Å². The molecule has 0 aromatic heterocycles. The van der Waals surface area contributed by atoms with Crippen LogP contribution in [0.5, 0.6) is 0 Å². The predicted octanol–water partition coefficient (Wildman–Crippen LogP) is 3.34. The zero-order chi connectivity index (χ0) is 25.5. The lowest BCUT2D eigenvalue weighted by Crippen LogP contribution is -2.73. The summed E-state index contributed by atoms with van der Waals surface area (Å²) in [5.74, 6) is -0.386. The highest BCUT2D eigenvalue weighted by Crippen LogP contribution is 2.47. The van der Waals surface area contributed by atoms with E-state index in [1.165, 1.54) is 36.2 Å². The minimum atomic E-state index is -4.51. The molecule has 35 heavy (non-hydrogen) atoms. The molecule has 2 aromatic carbocycles. The number of benzene rings is 2. The summed E-state index contributed by atoms with van der Waals surface area (Å²) in [4.78, 5) is 41.4. The summed E-state index contributed by atoms with van der Waals surface area (Å²) in [5.41, 5.74) is -1.72. The molecule has 4 rings (SSSR count). The van der Waals surface area contributed by atoms with Crippen molar-refractivity contribution in [1.29, 1.82) is 0 Å². The molecule has 0 radical (unpaired) electrons. The van der Waals surface area contributed by atoms with Crippen molar-refractivity contribution < 1.29 is 33.4 Å². The summed E-state index contributed by atoms with van der Waals surface area (Å²) in [5, 5.41) is 2.51. The molecule has 2 fully saturated rings. The molecule has 0 atom stereocenters. The number of nitrogens with zero attached hydrogens (tertiary/aromatic N) is 2. The summed E-state index contributed by atoms with van der Waals surface area (Å²) in [6, 6.07) is 8.15. The van der Waals surface area contributed by atoms with E-state index in [9.17, 15) is 31.9 Å². The maximum Gasteiger partial charge on any atom is 0.416 e. The third-order valence-corrected chi connectivity index (χ3v) is 6.57. The lowest BCUT2D eigenvalue weighted by atomic mass is 9.64. The van der Waals surface area contributed by atoms with E-state index < -0.39 is 47.4 Å². The summed E-state index contributed by atoms with van der Waals surface area (Å²) in [7, 11) is 1.45. The van der Waals surface area contributed by atoms with E-state index in [2.05, 4.69) is 11.2 Å². The third kappa shape index (κ3) is 4.22.